The Labute approximate surface area is 142 Å². The Morgan fingerprint density at radius 2 is 2.04 bits per heavy atom. The van der Waals surface area contributed by atoms with Crippen LogP contribution in [-0.4, -0.2) is 21.0 Å². The molecular weight excluding hydrogens is 324 g/mol. The Kier molecular flexibility index (Phi) is 3.69. The minimum atomic E-state index is -0.972. The lowest BCUT2D eigenvalue weighted by Crippen LogP contribution is -2.14. The molecule has 2 heterocycles. The molecule has 5 nitrogen and oxygen atoms in total. The molecule has 2 aromatic heterocycles. The van der Waals surface area contributed by atoms with E-state index in [0.717, 1.165) is 41.5 Å². The van der Waals surface area contributed by atoms with E-state index in [0.29, 0.717) is 17.8 Å². The van der Waals surface area contributed by atoms with E-state index in [1.807, 2.05) is 0 Å². The van der Waals surface area contributed by atoms with Gasteiger partial charge >= 0.3 is 5.97 Å². The topological polar surface area (TPSA) is 83.0 Å². The van der Waals surface area contributed by atoms with E-state index in [4.69, 9.17) is 0 Å². The normalized spacial score (nSPS) is 13.8. The van der Waals surface area contributed by atoms with Gasteiger partial charge in [-0.3, -0.25) is 4.79 Å². The Bertz CT molecular complexity index is 1000. The first-order valence-electron chi connectivity index (χ1n) is 7.98. The van der Waals surface area contributed by atoms with Crippen LogP contribution in [0.5, 0.6) is 0 Å². The van der Waals surface area contributed by atoms with Gasteiger partial charge in [0.1, 0.15) is 10.7 Å². The van der Waals surface area contributed by atoms with Gasteiger partial charge in [0.05, 0.1) is 10.9 Å². The lowest BCUT2D eigenvalue weighted by molar-refractivity contribution is 0.0696. The Morgan fingerprint density at radius 3 is 2.88 bits per heavy atom. The summed E-state index contributed by atoms with van der Waals surface area (Å²) in [5.41, 5.74) is 1.94. The lowest BCUT2D eigenvalue weighted by Gasteiger charge is -2.09. The highest BCUT2D eigenvalue weighted by atomic mass is 32.1. The minimum Gasteiger partial charge on any atom is -0.478 e. The van der Waals surface area contributed by atoms with Crippen LogP contribution in [-0.2, 0) is 19.3 Å². The van der Waals surface area contributed by atoms with Crippen LogP contribution in [0.2, 0.25) is 0 Å². The maximum Gasteiger partial charge on any atom is 0.335 e. The second-order valence-electron chi connectivity index (χ2n) is 6.04. The first-order valence-corrected chi connectivity index (χ1v) is 8.80. The molecule has 0 fully saturated rings. The molecule has 0 amide bonds. The molecule has 3 aromatic rings. The number of carbonyl (C=O) groups is 1. The molecule has 0 radical (unpaired) electrons. The van der Waals surface area contributed by atoms with Crippen LogP contribution in [0.25, 0.3) is 10.2 Å². The summed E-state index contributed by atoms with van der Waals surface area (Å²) in [5.74, 6) is -0.458. The standard InChI is InChI=1S/C18H16N2O3S/c21-16-15-12-7-3-4-8-13(12)24-17(15)20-14(19-16)9-10-5-1-2-6-11(10)18(22)23/h1-2,5-6H,3-4,7-9H2,(H,22,23)(H,19,20,21). The van der Waals surface area contributed by atoms with Gasteiger partial charge in [0.15, 0.2) is 0 Å². The van der Waals surface area contributed by atoms with Crippen LogP contribution in [0.1, 0.15) is 45.0 Å². The van der Waals surface area contributed by atoms with Crippen molar-refractivity contribution in [2.75, 3.05) is 0 Å². The summed E-state index contributed by atoms with van der Waals surface area (Å²) in [7, 11) is 0. The van der Waals surface area contributed by atoms with Crippen molar-refractivity contribution in [1.29, 1.82) is 0 Å². The third-order valence-corrected chi connectivity index (χ3v) is 5.67. The van der Waals surface area contributed by atoms with Crippen molar-refractivity contribution in [3.8, 4) is 0 Å². The van der Waals surface area contributed by atoms with Crippen molar-refractivity contribution >= 4 is 27.5 Å². The highest BCUT2D eigenvalue weighted by Crippen LogP contribution is 2.33. The number of thiophene rings is 1. The molecular formula is C18H16N2O3S. The Balaban J connectivity index is 1.79. The molecule has 0 spiro atoms. The largest absolute Gasteiger partial charge is 0.478 e. The average molecular weight is 340 g/mol. The monoisotopic (exact) mass is 340 g/mol. The molecule has 1 aromatic carbocycles. The average Bonchev–Trinajstić information content (AvgIpc) is 2.93. The molecule has 2 N–H and O–H groups in total. The van der Waals surface area contributed by atoms with Crippen LogP contribution >= 0.6 is 11.3 Å². The van der Waals surface area contributed by atoms with Gasteiger partial charge in [0, 0.05) is 11.3 Å². The molecule has 1 aliphatic carbocycles. The second-order valence-corrected chi connectivity index (χ2v) is 7.13. The number of H-pyrrole nitrogens is 1. The van der Waals surface area contributed by atoms with Gasteiger partial charge < -0.3 is 10.1 Å². The number of hydrogen-bond acceptors (Lipinski definition) is 4. The molecule has 0 atom stereocenters. The second kappa shape index (κ2) is 5.87. The van der Waals surface area contributed by atoms with E-state index < -0.39 is 5.97 Å². The number of fused-ring (bicyclic) bond motifs is 3. The molecule has 0 saturated carbocycles. The van der Waals surface area contributed by atoms with Gasteiger partial charge in [-0.15, -0.1) is 11.3 Å². The number of carboxylic acid groups (broad SMARTS) is 1. The number of aromatic amines is 1. The summed E-state index contributed by atoms with van der Waals surface area (Å²) in [6.45, 7) is 0. The van der Waals surface area contributed by atoms with Crippen LogP contribution in [0, 0.1) is 0 Å². The van der Waals surface area contributed by atoms with Gasteiger partial charge in [-0.1, -0.05) is 18.2 Å². The van der Waals surface area contributed by atoms with Gasteiger partial charge in [0.2, 0.25) is 0 Å². The zero-order chi connectivity index (χ0) is 16.7. The van der Waals surface area contributed by atoms with E-state index in [9.17, 15) is 14.7 Å². The van der Waals surface area contributed by atoms with Gasteiger partial charge in [-0.05, 0) is 42.9 Å². The fourth-order valence-electron chi connectivity index (χ4n) is 3.36. The van der Waals surface area contributed by atoms with E-state index in [-0.39, 0.29) is 11.1 Å². The van der Waals surface area contributed by atoms with Gasteiger partial charge in [-0.2, -0.15) is 0 Å². The number of rotatable bonds is 3. The molecule has 0 bridgehead atoms. The van der Waals surface area contributed by atoms with E-state index >= 15 is 0 Å². The summed E-state index contributed by atoms with van der Waals surface area (Å²) in [5, 5.41) is 10.0. The maximum atomic E-state index is 12.5. The molecule has 0 aliphatic heterocycles. The summed E-state index contributed by atoms with van der Waals surface area (Å²) < 4.78 is 0. The number of carboxylic acids is 1. The summed E-state index contributed by atoms with van der Waals surface area (Å²) in [4.78, 5) is 33.4. The molecule has 122 valence electrons. The third kappa shape index (κ3) is 2.53. The zero-order valence-corrected chi connectivity index (χ0v) is 13.8. The molecule has 0 unspecified atom stereocenters. The van der Waals surface area contributed by atoms with Crippen LogP contribution < -0.4 is 5.56 Å². The number of aromatic carboxylic acids is 1. The van der Waals surface area contributed by atoms with Gasteiger partial charge in [0.25, 0.3) is 5.56 Å². The van der Waals surface area contributed by atoms with Crippen molar-refractivity contribution in [2.24, 2.45) is 0 Å². The number of nitrogens with zero attached hydrogens (tertiary/aromatic N) is 1. The Hall–Kier alpha value is -2.47. The molecule has 1 aliphatic rings. The van der Waals surface area contributed by atoms with E-state index in [1.54, 1.807) is 35.6 Å². The highest BCUT2D eigenvalue weighted by Gasteiger charge is 2.20. The van der Waals surface area contributed by atoms with E-state index in [2.05, 4.69) is 9.97 Å². The molecule has 0 saturated heterocycles. The highest BCUT2D eigenvalue weighted by molar-refractivity contribution is 7.18. The molecule has 6 heteroatoms. The number of benzene rings is 1. The number of nitrogens with one attached hydrogen (secondary N) is 1. The first kappa shape index (κ1) is 15.1. The summed E-state index contributed by atoms with van der Waals surface area (Å²) in [6.07, 6.45) is 4.55. The SMILES string of the molecule is O=C(O)c1ccccc1Cc1nc2sc3c(c2c(=O)[nH]1)CCCC3. The van der Waals surface area contributed by atoms with Crippen LogP contribution in [0.3, 0.4) is 0 Å². The summed E-state index contributed by atoms with van der Waals surface area (Å²) in [6, 6.07) is 6.81. The zero-order valence-electron chi connectivity index (χ0n) is 13.0. The van der Waals surface area contributed by atoms with Crippen molar-refractivity contribution in [3.05, 3.63) is 62.0 Å². The molecule has 24 heavy (non-hydrogen) atoms. The molecule has 4 rings (SSSR count). The lowest BCUT2D eigenvalue weighted by atomic mass is 9.97. The number of aromatic nitrogens is 2. The van der Waals surface area contributed by atoms with E-state index in [1.165, 1.54) is 4.88 Å². The van der Waals surface area contributed by atoms with Gasteiger partial charge in [-0.25, -0.2) is 9.78 Å². The predicted octanol–water partition coefficient (Wildman–Crippen LogP) is 3.15. The Morgan fingerprint density at radius 1 is 1.25 bits per heavy atom. The van der Waals surface area contributed by atoms with Crippen molar-refractivity contribution in [3.63, 3.8) is 0 Å². The van der Waals surface area contributed by atoms with Crippen molar-refractivity contribution in [1.82, 2.24) is 9.97 Å². The van der Waals surface area contributed by atoms with Crippen molar-refractivity contribution in [2.45, 2.75) is 32.1 Å². The predicted molar refractivity (Wildman–Crippen MR) is 93.1 cm³/mol. The quantitative estimate of drug-likeness (QED) is 0.767. The van der Waals surface area contributed by atoms with Crippen molar-refractivity contribution < 1.29 is 9.90 Å². The minimum absolute atomic E-state index is 0.109. The first-order chi connectivity index (χ1) is 11.6. The summed E-state index contributed by atoms with van der Waals surface area (Å²) >= 11 is 1.60. The smallest absolute Gasteiger partial charge is 0.335 e. The van der Waals surface area contributed by atoms with Crippen LogP contribution in [0.4, 0.5) is 0 Å². The maximum absolute atomic E-state index is 12.5. The van der Waals surface area contributed by atoms with Crippen LogP contribution in [0.15, 0.2) is 29.1 Å². The fraction of sp³-hybridized carbons (Fsp3) is 0.278. The fourth-order valence-corrected chi connectivity index (χ4v) is 4.64. The third-order valence-electron chi connectivity index (χ3n) is 4.48. The number of aryl methyl sites for hydroxylation is 2. The number of hydrogen-bond donors (Lipinski definition) is 2.